The summed E-state index contributed by atoms with van der Waals surface area (Å²) in [7, 11) is 0. The Hall–Kier alpha value is -0.940. The largest absolute Gasteiger partial charge is 0.311 e. The van der Waals surface area contributed by atoms with Gasteiger partial charge in [-0.3, -0.25) is 4.40 Å². The van der Waals surface area contributed by atoms with Crippen LogP contribution in [-0.4, -0.2) is 20.9 Å². The van der Waals surface area contributed by atoms with Gasteiger partial charge in [0.1, 0.15) is 4.60 Å². The summed E-state index contributed by atoms with van der Waals surface area (Å²) in [6.07, 6.45) is 11.2. The molecule has 2 heterocycles. The Morgan fingerprint density at radius 1 is 1.33 bits per heavy atom. The zero-order valence-corrected chi connectivity index (χ0v) is 11.9. The van der Waals surface area contributed by atoms with E-state index in [0.717, 1.165) is 29.3 Å². The van der Waals surface area contributed by atoms with Crippen molar-refractivity contribution in [2.75, 3.05) is 6.54 Å². The molecule has 0 amide bonds. The van der Waals surface area contributed by atoms with Crippen molar-refractivity contribution in [1.29, 1.82) is 0 Å². The van der Waals surface area contributed by atoms with Crippen molar-refractivity contribution in [3.05, 3.63) is 28.9 Å². The van der Waals surface area contributed by atoms with E-state index in [4.69, 9.17) is 0 Å². The zero-order chi connectivity index (χ0) is 12.4. The number of rotatable bonds is 6. The van der Waals surface area contributed by atoms with Crippen molar-refractivity contribution < 1.29 is 0 Å². The molecule has 0 atom stereocenters. The lowest BCUT2D eigenvalue weighted by Crippen LogP contribution is -2.16. The second-order valence-electron chi connectivity index (χ2n) is 4.95. The van der Waals surface area contributed by atoms with Crippen LogP contribution in [0.5, 0.6) is 0 Å². The molecule has 1 fully saturated rings. The number of fused-ring (bicyclic) bond motifs is 1. The molecule has 0 saturated heterocycles. The Kier molecular flexibility index (Phi) is 3.61. The zero-order valence-electron chi connectivity index (χ0n) is 10.3. The highest BCUT2D eigenvalue weighted by Crippen LogP contribution is 2.33. The molecule has 2 aromatic heterocycles. The van der Waals surface area contributed by atoms with Crippen molar-refractivity contribution in [3.63, 3.8) is 0 Å². The van der Waals surface area contributed by atoms with E-state index in [0.29, 0.717) is 0 Å². The van der Waals surface area contributed by atoms with Gasteiger partial charge in [0.05, 0.1) is 18.1 Å². The molecule has 0 aromatic carbocycles. The van der Waals surface area contributed by atoms with E-state index in [1.807, 2.05) is 12.4 Å². The normalized spacial score (nSPS) is 15.4. The van der Waals surface area contributed by atoms with Crippen LogP contribution < -0.4 is 5.32 Å². The van der Waals surface area contributed by atoms with Crippen LogP contribution in [0.2, 0.25) is 0 Å². The van der Waals surface area contributed by atoms with E-state index < -0.39 is 0 Å². The van der Waals surface area contributed by atoms with Crippen molar-refractivity contribution in [2.45, 2.75) is 32.2 Å². The van der Waals surface area contributed by atoms with Gasteiger partial charge in [0, 0.05) is 12.7 Å². The maximum Gasteiger partial charge on any atom is 0.155 e. The predicted octanol–water partition coefficient (Wildman–Crippen LogP) is 2.77. The van der Waals surface area contributed by atoms with Gasteiger partial charge < -0.3 is 5.32 Å². The van der Waals surface area contributed by atoms with Gasteiger partial charge in [0.25, 0.3) is 0 Å². The third-order valence-electron chi connectivity index (χ3n) is 3.41. The van der Waals surface area contributed by atoms with Crippen LogP contribution in [0.4, 0.5) is 0 Å². The second kappa shape index (κ2) is 5.36. The summed E-state index contributed by atoms with van der Waals surface area (Å²) in [5.74, 6) is 1.03. The second-order valence-corrected chi connectivity index (χ2v) is 5.76. The van der Waals surface area contributed by atoms with Crippen molar-refractivity contribution in [3.8, 4) is 0 Å². The summed E-state index contributed by atoms with van der Waals surface area (Å²) in [4.78, 5) is 8.51. The summed E-state index contributed by atoms with van der Waals surface area (Å²) in [6, 6.07) is 0. The maximum atomic E-state index is 4.34. The minimum atomic E-state index is 0.836. The molecule has 0 unspecified atom stereocenters. The molecule has 96 valence electrons. The maximum absolute atomic E-state index is 4.34. The summed E-state index contributed by atoms with van der Waals surface area (Å²) >= 11 is 3.39. The van der Waals surface area contributed by atoms with E-state index >= 15 is 0 Å². The molecule has 0 spiro atoms. The van der Waals surface area contributed by atoms with Crippen LogP contribution in [0.1, 0.15) is 31.4 Å². The predicted molar refractivity (Wildman–Crippen MR) is 74.4 cm³/mol. The molecular formula is C13H17BrN4. The van der Waals surface area contributed by atoms with Gasteiger partial charge in [0.15, 0.2) is 5.65 Å². The molecular weight excluding hydrogens is 292 g/mol. The molecule has 18 heavy (non-hydrogen) atoms. The lowest BCUT2D eigenvalue weighted by molar-refractivity contribution is 0.588. The highest BCUT2D eigenvalue weighted by molar-refractivity contribution is 9.10. The average molecular weight is 309 g/mol. The fourth-order valence-corrected chi connectivity index (χ4v) is 2.49. The smallest absolute Gasteiger partial charge is 0.155 e. The number of halogens is 1. The number of aromatic nitrogens is 3. The molecule has 1 saturated carbocycles. The van der Waals surface area contributed by atoms with Gasteiger partial charge >= 0.3 is 0 Å². The van der Waals surface area contributed by atoms with Crippen LogP contribution in [0, 0.1) is 5.92 Å². The van der Waals surface area contributed by atoms with Gasteiger partial charge in [-0.15, -0.1) is 0 Å². The minimum Gasteiger partial charge on any atom is -0.311 e. The Morgan fingerprint density at radius 2 is 2.22 bits per heavy atom. The van der Waals surface area contributed by atoms with Gasteiger partial charge in [-0.2, -0.15) is 0 Å². The molecule has 1 N–H and O–H groups in total. The fourth-order valence-electron chi connectivity index (χ4n) is 2.19. The highest BCUT2D eigenvalue weighted by Gasteiger charge is 2.19. The Morgan fingerprint density at radius 3 is 3.06 bits per heavy atom. The van der Waals surface area contributed by atoms with Crippen LogP contribution >= 0.6 is 15.9 Å². The van der Waals surface area contributed by atoms with Gasteiger partial charge in [-0.05, 0) is 41.2 Å². The SMILES string of the molecule is Brc1cn2c(CNCCCC3CC3)cnc2cn1. The summed E-state index contributed by atoms with van der Waals surface area (Å²) in [5.41, 5.74) is 2.08. The van der Waals surface area contributed by atoms with Crippen LogP contribution in [0.3, 0.4) is 0 Å². The molecule has 0 bridgehead atoms. The summed E-state index contributed by atoms with van der Waals surface area (Å²) in [5, 5.41) is 3.49. The van der Waals surface area contributed by atoms with Crippen molar-refractivity contribution in [1.82, 2.24) is 19.7 Å². The van der Waals surface area contributed by atoms with Gasteiger partial charge in [-0.25, -0.2) is 9.97 Å². The topological polar surface area (TPSA) is 42.2 Å². The average Bonchev–Trinajstić information content (AvgIpc) is 3.11. The molecule has 2 aromatic rings. The number of hydrogen-bond donors (Lipinski definition) is 1. The van der Waals surface area contributed by atoms with E-state index in [1.165, 1.54) is 31.4 Å². The van der Waals surface area contributed by atoms with E-state index in [2.05, 4.69) is 35.6 Å². The third kappa shape index (κ3) is 2.90. The van der Waals surface area contributed by atoms with Crippen LogP contribution in [-0.2, 0) is 6.54 Å². The molecule has 3 rings (SSSR count). The van der Waals surface area contributed by atoms with Crippen LogP contribution in [0.15, 0.2) is 23.2 Å². The molecule has 1 aliphatic carbocycles. The van der Waals surface area contributed by atoms with Gasteiger partial charge in [-0.1, -0.05) is 12.8 Å². The summed E-state index contributed by atoms with van der Waals surface area (Å²) in [6.45, 7) is 1.96. The van der Waals surface area contributed by atoms with Crippen LogP contribution in [0.25, 0.3) is 5.65 Å². The molecule has 1 aliphatic rings. The van der Waals surface area contributed by atoms with E-state index in [1.54, 1.807) is 6.20 Å². The quantitative estimate of drug-likeness (QED) is 0.834. The summed E-state index contributed by atoms with van der Waals surface area (Å²) < 4.78 is 2.91. The standard InChI is InChI=1S/C13H17BrN4/c14-12-9-18-11(7-17-13(18)8-16-12)6-15-5-1-2-10-3-4-10/h7-10,15H,1-6H2. The number of imidazole rings is 1. The van der Waals surface area contributed by atoms with E-state index in [9.17, 15) is 0 Å². The molecule has 0 radical (unpaired) electrons. The number of hydrogen-bond acceptors (Lipinski definition) is 3. The lowest BCUT2D eigenvalue weighted by atomic mass is 10.2. The third-order valence-corrected chi connectivity index (χ3v) is 3.82. The first-order valence-electron chi connectivity index (χ1n) is 6.51. The fraction of sp³-hybridized carbons (Fsp3) is 0.538. The number of nitrogens with one attached hydrogen (secondary N) is 1. The lowest BCUT2D eigenvalue weighted by Gasteiger charge is -2.04. The van der Waals surface area contributed by atoms with Gasteiger partial charge in [0.2, 0.25) is 0 Å². The Balaban J connectivity index is 1.54. The first-order valence-corrected chi connectivity index (χ1v) is 7.30. The minimum absolute atomic E-state index is 0.836. The molecule has 0 aliphatic heterocycles. The Labute approximate surface area is 115 Å². The first kappa shape index (κ1) is 12.1. The highest BCUT2D eigenvalue weighted by atomic mass is 79.9. The first-order chi connectivity index (χ1) is 8.83. The monoisotopic (exact) mass is 308 g/mol. The molecule has 4 nitrogen and oxygen atoms in total. The van der Waals surface area contributed by atoms with Crippen molar-refractivity contribution in [2.24, 2.45) is 5.92 Å². The van der Waals surface area contributed by atoms with Crippen molar-refractivity contribution >= 4 is 21.6 Å². The Bertz CT molecular complexity index is 533. The number of nitrogens with zero attached hydrogens (tertiary/aromatic N) is 3. The van der Waals surface area contributed by atoms with E-state index in [-0.39, 0.29) is 0 Å². The molecule has 5 heteroatoms.